The quantitative estimate of drug-likeness (QED) is 0.521. The van der Waals surface area contributed by atoms with Crippen molar-refractivity contribution in [2.75, 3.05) is 0 Å². The number of rotatable bonds is 0. The zero-order valence-corrected chi connectivity index (χ0v) is 7.39. The largest absolute Gasteiger partial charge is 0.300 e. The van der Waals surface area contributed by atoms with Gasteiger partial charge in [0.05, 0.1) is 0 Å². The Morgan fingerprint density at radius 2 is 2.27 bits per heavy atom. The van der Waals surface area contributed by atoms with E-state index in [1.807, 2.05) is 0 Å². The van der Waals surface area contributed by atoms with Gasteiger partial charge in [-0.25, -0.2) is 0 Å². The van der Waals surface area contributed by atoms with Gasteiger partial charge in [0.15, 0.2) is 0 Å². The first kappa shape index (κ1) is 7.33. The Kier molecular flexibility index (Phi) is 1.39. The Bertz CT molecular complexity index is 197. The lowest BCUT2D eigenvalue weighted by Gasteiger charge is -2.21. The van der Waals surface area contributed by atoms with E-state index < -0.39 is 0 Å². The Morgan fingerprint density at radius 3 is 2.91 bits per heavy atom. The van der Waals surface area contributed by atoms with E-state index >= 15 is 0 Å². The zero-order chi connectivity index (χ0) is 8.06. The van der Waals surface area contributed by atoms with Gasteiger partial charge in [0.2, 0.25) is 0 Å². The summed E-state index contributed by atoms with van der Waals surface area (Å²) in [4.78, 5) is 11.2. The van der Waals surface area contributed by atoms with Crippen LogP contribution in [0.5, 0.6) is 0 Å². The van der Waals surface area contributed by atoms with E-state index in [1.54, 1.807) is 0 Å². The number of ketones is 1. The minimum absolute atomic E-state index is 0.399. The highest BCUT2D eigenvalue weighted by atomic mass is 16.1. The Labute approximate surface area is 68.2 Å². The van der Waals surface area contributed by atoms with E-state index in [9.17, 15) is 4.79 Å². The minimum atomic E-state index is 0.399. The van der Waals surface area contributed by atoms with Crippen LogP contribution in [-0.2, 0) is 4.79 Å². The van der Waals surface area contributed by atoms with E-state index in [0.29, 0.717) is 11.2 Å². The molecule has 11 heavy (non-hydrogen) atoms. The average Bonchev–Trinajstić information content (AvgIpc) is 2.16. The normalized spacial score (nSPS) is 49.8. The van der Waals surface area contributed by atoms with Crippen LogP contribution < -0.4 is 0 Å². The fraction of sp³-hybridized carbons (Fsp3) is 0.900. The van der Waals surface area contributed by atoms with E-state index in [2.05, 4.69) is 13.8 Å². The Balaban J connectivity index is 2.19. The van der Waals surface area contributed by atoms with Gasteiger partial charge in [-0.1, -0.05) is 13.8 Å². The third-order valence-electron chi connectivity index (χ3n) is 3.56. The fourth-order valence-corrected chi connectivity index (χ4v) is 3.16. The molecule has 0 aromatic rings. The minimum Gasteiger partial charge on any atom is -0.300 e. The molecule has 0 N–H and O–H groups in total. The van der Waals surface area contributed by atoms with E-state index in [1.165, 1.54) is 12.8 Å². The third kappa shape index (κ3) is 1.02. The van der Waals surface area contributed by atoms with E-state index in [0.717, 1.165) is 24.7 Å². The molecular formula is C10H16O. The molecule has 1 heteroatoms. The van der Waals surface area contributed by atoms with Gasteiger partial charge in [-0.3, -0.25) is 4.79 Å². The smallest absolute Gasteiger partial charge is 0.133 e. The van der Waals surface area contributed by atoms with Crippen LogP contribution in [0.15, 0.2) is 0 Å². The van der Waals surface area contributed by atoms with E-state index in [4.69, 9.17) is 0 Å². The second-order valence-corrected chi connectivity index (χ2v) is 4.82. The van der Waals surface area contributed by atoms with Crippen LogP contribution >= 0.6 is 0 Å². The van der Waals surface area contributed by atoms with Crippen molar-refractivity contribution in [3.05, 3.63) is 0 Å². The number of carbonyl (C=O) groups is 1. The van der Waals surface area contributed by atoms with Crippen LogP contribution in [-0.4, -0.2) is 5.78 Å². The number of Topliss-reactive ketones (excluding diaryl/α,β-unsaturated/α-hetero) is 1. The molecule has 0 radical (unpaired) electrons. The molecule has 3 unspecified atom stereocenters. The Morgan fingerprint density at radius 1 is 1.55 bits per heavy atom. The van der Waals surface area contributed by atoms with Gasteiger partial charge in [0.1, 0.15) is 5.78 Å². The number of hydrogen-bond donors (Lipinski definition) is 0. The molecule has 2 aliphatic carbocycles. The molecule has 2 rings (SSSR count). The Hall–Kier alpha value is -0.330. The van der Waals surface area contributed by atoms with Gasteiger partial charge in [-0.2, -0.15) is 0 Å². The summed E-state index contributed by atoms with van der Waals surface area (Å²) in [5, 5.41) is 0. The summed E-state index contributed by atoms with van der Waals surface area (Å²) in [6.07, 6.45) is 4.31. The molecule has 2 fully saturated rings. The lowest BCUT2D eigenvalue weighted by molar-refractivity contribution is -0.118. The number of hydrogen-bond acceptors (Lipinski definition) is 1. The van der Waals surface area contributed by atoms with Gasteiger partial charge in [-0.05, 0) is 30.1 Å². The molecular weight excluding hydrogens is 136 g/mol. The first-order valence-corrected chi connectivity index (χ1v) is 4.62. The predicted molar refractivity (Wildman–Crippen MR) is 44.2 cm³/mol. The van der Waals surface area contributed by atoms with Crippen LogP contribution in [0.2, 0.25) is 0 Å². The summed E-state index contributed by atoms with van der Waals surface area (Å²) in [6, 6.07) is 0. The molecule has 0 saturated heterocycles. The van der Waals surface area contributed by atoms with Crippen LogP contribution in [0.25, 0.3) is 0 Å². The van der Waals surface area contributed by atoms with Crippen molar-refractivity contribution >= 4 is 5.78 Å². The maximum atomic E-state index is 11.2. The van der Waals surface area contributed by atoms with Gasteiger partial charge < -0.3 is 0 Å². The molecule has 2 saturated carbocycles. The van der Waals surface area contributed by atoms with Crippen molar-refractivity contribution in [2.45, 2.75) is 39.5 Å². The highest BCUT2D eigenvalue weighted by Crippen LogP contribution is 2.54. The topological polar surface area (TPSA) is 17.1 Å². The van der Waals surface area contributed by atoms with Crippen molar-refractivity contribution in [3.63, 3.8) is 0 Å². The summed E-state index contributed by atoms with van der Waals surface area (Å²) in [6.45, 7) is 4.61. The maximum Gasteiger partial charge on any atom is 0.133 e. The molecule has 0 amide bonds. The van der Waals surface area contributed by atoms with Crippen molar-refractivity contribution in [2.24, 2.45) is 17.3 Å². The number of fused-ring (bicyclic) bond motifs is 1. The van der Waals surface area contributed by atoms with Crippen LogP contribution in [0, 0.1) is 17.3 Å². The summed E-state index contributed by atoms with van der Waals surface area (Å²) < 4.78 is 0. The fourth-order valence-electron chi connectivity index (χ4n) is 3.16. The molecule has 1 nitrogen and oxygen atoms in total. The highest BCUT2D eigenvalue weighted by Gasteiger charge is 2.48. The third-order valence-corrected chi connectivity index (χ3v) is 3.56. The second-order valence-electron chi connectivity index (χ2n) is 4.82. The van der Waals surface area contributed by atoms with Crippen molar-refractivity contribution in [3.8, 4) is 0 Å². The van der Waals surface area contributed by atoms with E-state index in [-0.39, 0.29) is 0 Å². The van der Waals surface area contributed by atoms with Crippen molar-refractivity contribution in [1.82, 2.24) is 0 Å². The molecule has 0 bridgehead atoms. The predicted octanol–water partition coefficient (Wildman–Crippen LogP) is 2.40. The molecule has 0 heterocycles. The van der Waals surface area contributed by atoms with Crippen LogP contribution in [0.4, 0.5) is 0 Å². The summed E-state index contributed by atoms with van der Waals surface area (Å²) in [5.74, 6) is 2.09. The van der Waals surface area contributed by atoms with Gasteiger partial charge in [0, 0.05) is 12.8 Å². The lowest BCUT2D eigenvalue weighted by Crippen LogP contribution is -2.14. The number of carbonyl (C=O) groups excluding carboxylic acids is 1. The van der Waals surface area contributed by atoms with Gasteiger partial charge in [-0.15, -0.1) is 0 Å². The van der Waals surface area contributed by atoms with Crippen LogP contribution in [0.3, 0.4) is 0 Å². The van der Waals surface area contributed by atoms with Crippen molar-refractivity contribution in [1.29, 1.82) is 0 Å². The SMILES string of the molecule is CC1CC2CC(=O)CC2(C)C1. The van der Waals surface area contributed by atoms with Gasteiger partial charge in [0.25, 0.3) is 0 Å². The van der Waals surface area contributed by atoms with Crippen LogP contribution in [0.1, 0.15) is 39.5 Å². The van der Waals surface area contributed by atoms with Gasteiger partial charge >= 0.3 is 0 Å². The zero-order valence-electron chi connectivity index (χ0n) is 7.39. The lowest BCUT2D eigenvalue weighted by atomic mass is 9.83. The molecule has 3 atom stereocenters. The summed E-state index contributed by atoms with van der Waals surface area (Å²) in [7, 11) is 0. The maximum absolute atomic E-state index is 11.2. The highest BCUT2D eigenvalue weighted by molar-refractivity contribution is 5.82. The molecule has 0 spiro atoms. The second kappa shape index (κ2) is 2.09. The first-order chi connectivity index (χ1) is 5.10. The monoisotopic (exact) mass is 152 g/mol. The average molecular weight is 152 g/mol. The standard InChI is InChI=1S/C10H16O/c1-7-3-8-4-9(11)6-10(8,2)5-7/h7-8H,3-6H2,1-2H3. The molecule has 0 aromatic heterocycles. The summed E-state index contributed by atoms with van der Waals surface area (Å²) >= 11 is 0. The molecule has 0 aromatic carbocycles. The summed E-state index contributed by atoms with van der Waals surface area (Å²) in [5.41, 5.74) is 0.399. The molecule has 62 valence electrons. The molecule has 0 aliphatic heterocycles. The van der Waals surface area contributed by atoms with Crippen molar-refractivity contribution < 1.29 is 4.79 Å². The first-order valence-electron chi connectivity index (χ1n) is 4.62. The molecule has 2 aliphatic rings.